The average molecular weight is 206 g/mol. The van der Waals surface area contributed by atoms with Gasteiger partial charge in [-0.1, -0.05) is 18.2 Å². The molecule has 4 N–H and O–H groups in total. The van der Waals surface area contributed by atoms with Crippen molar-refractivity contribution in [2.24, 2.45) is 5.73 Å². The largest absolute Gasteiger partial charge is 0.413 e. The van der Waals surface area contributed by atoms with Crippen molar-refractivity contribution in [1.29, 1.82) is 0 Å². The van der Waals surface area contributed by atoms with E-state index in [0.29, 0.717) is 6.42 Å². The molecule has 74 valence electrons. The van der Waals surface area contributed by atoms with E-state index in [1.54, 1.807) is 18.2 Å². The van der Waals surface area contributed by atoms with Crippen LogP contribution in [0.25, 0.3) is 0 Å². The van der Waals surface area contributed by atoms with Crippen LogP contribution in [0.15, 0.2) is 24.3 Å². The normalized spacial score (nSPS) is 27.8. The lowest BCUT2D eigenvalue weighted by Gasteiger charge is -2.25. The first-order chi connectivity index (χ1) is 5.91. The lowest BCUT2D eigenvalue weighted by atomic mass is 10.0. The van der Waals surface area contributed by atoms with Crippen LogP contribution in [0.5, 0.6) is 0 Å². The van der Waals surface area contributed by atoms with E-state index in [-0.39, 0.29) is 0 Å². The monoisotopic (exact) mass is 206 g/mol. The summed E-state index contributed by atoms with van der Waals surface area (Å²) in [6.07, 6.45) is 7.04. The van der Waals surface area contributed by atoms with Crippen LogP contribution < -0.4 is 11.2 Å². The van der Waals surface area contributed by atoms with Crippen LogP contribution in [0.3, 0.4) is 0 Å². The topological polar surface area (TPSA) is 102 Å². The summed E-state index contributed by atoms with van der Waals surface area (Å²) in [5.41, 5.74) is 6.56. The molecule has 0 fully saturated rings. The van der Waals surface area contributed by atoms with Gasteiger partial charge in [0.25, 0.3) is 0 Å². The van der Waals surface area contributed by atoms with Crippen molar-refractivity contribution in [2.75, 3.05) is 0 Å². The van der Waals surface area contributed by atoms with Gasteiger partial charge < -0.3 is 5.73 Å². The van der Waals surface area contributed by atoms with E-state index in [1.807, 2.05) is 5.48 Å². The minimum atomic E-state index is -4.51. The number of allylic oxidation sites excluding steroid dienone is 2. The van der Waals surface area contributed by atoms with Crippen LogP contribution in [0.2, 0.25) is 0 Å². The van der Waals surface area contributed by atoms with Crippen LogP contribution in [-0.2, 0) is 14.7 Å². The van der Waals surface area contributed by atoms with Crippen LogP contribution in [0, 0.1) is 0 Å². The van der Waals surface area contributed by atoms with E-state index in [4.69, 9.17) is 10.3 Å². The lowest BCUT2D eigenvalue weighted by molar-refractivity contribution is 0.108. The Balaban J connectivity index is 2.54. The molecule has 0 aliphatic heterocycles. The first kappa shape index (κ1) is 10.4. The molecular weight excluding hydrogens is 196 g/mol. The SMILES string of the molecule is N[C@@]1(NOS(=O)(=O)O)C=CC=CC1. The second-order valence-electron chi connectivity index (χ2n) is 2.64. The molecule has 0 aromatic carbocycles. The molecule has 0 radical (unpaired) electrons. The third-order valence-electron chi connectivity index (χ3n) is 1.43. The second kappa shape index (κ2) is 3.56. The van der Waals surface area contributed by atoms with Crippen molar-refractivity contribution < 1.29 is 17.3 Å². The van der Waals surface area contributed by atoms with Gasteiger partial charge in [-0.25, -0.2) is 0 Å². The van der Waals surface area contributed by atoms with Gasteiger partial charge in [-0.2, -0.15) is 18.2 Å². The molecule has 1 aliphatic carbocycles. The zero-order chi connectivity index (χ0) is 9.95. The van der Waals surface area contributed by atoms with Crippen LogP contribution in [-0.4, -0.2) is 18.6 Å². The van der Waals surface area contributed by atoms with Crippen molar-refractivity contribution in [3.05, 3.63) is 24.3 Å². The van der Waals surface area contributed by atoms with E-state index >= 15 is 0 Å². The van der Waals surface area contributed by atoms with E-state index in [9.17, 15) is 8.42 Å². The number of hydrogen-bond donors (Lipinski definition) is 3. The number of nitrogens with two attached hydrogens (primary N) is 1. The molecule has 6 nitrogen and oxygen atoms in total. The molecule has 0 aromatic heterocycles. The lowest BCUT2D eigenvalue weighted by Crippen LogP contribution is -2.52. The van der Waals surface area contributed by atoms with E-state index in [1.165, 1.54) is 6.08 Å². The third kappa shape index (κ3) is 3.66. The first-order valence-electron chi connectivity index (χ1n) is 3.48. The molecule has 1 atom stereocenters. The van der Waals surface area contributed by atoms with Crippen molar-refractivity contribution >= 4 is 10.4 Å². The molecule has 7 heteroatoms. The molecule has 0 amide bonds. The fourth-order valence-electron chi connectivity index (χ4n) is 0.843. The highest BCUT2D eigenvalue weighted by atomic mass is 32.3. The number of hydroxylamine groups is 1. The summed E-state index contributed by atoms with van der Waals surface area (Å²) in [7, 11) is -4.51. The van der Waals surface area contributed by atoms with Gasteiger partial charge in [-0.05, 0) is 6.08 Å². The van der Waals surface area contributed by atoms with Gasteiger partial charge in [0, 0.05) is 6.42 Å². The van der Waals surface area contributed by atoms with Crippen molar-refractivity contribution in [1.82, 2.24) is 5.48 Å². The molecular formula is C6H10N2O4S. The molecule has 1 aliphatic rings. The van der Waals surface area contributed by atoms with E-state index < -0.39 is 16.1 Å². The molecule has 0 bridgehead atoms. The van der Waals surface area contributed by atoms with Crippen LogP contribution >= 0.6 is 0 Å². The summed E-state index contributed by atoms with van der Waals surface area (Å²) in [5, 5.41) is 0. The summed E-state index contributed by atoms with van der Waals surface area (Å²) in [4.78, 5) is 0. The highest BCUT2D eigenvalue weighted by Gasteiger charge is 2.23. The molecule has 0 unspecified atom stereocenters. The minimum absolute atomic E-state index is 0.374. The highest BCUT2D eigenvalue weighted by Crippen LogP contribution is 2.11. The maximum absolute atomic E-state index is 10.2. The predicted octanol–water partition coefficient (Wildman–Crippen LogP) is -0.518. The van der Waals surface area contributed by atoms with E-state index in [2.05, 4.69) is 4.28 Å². The maximum Gasteiger partial charge on any atom is 0.413 e. The van der Waals surface area contributed by atoms with Gasteiger partial charge in [0.05, 0.1) is 0 Å². The summed E-state index contributed by atoms with van der Waals surface area (Å²) in [6, 6.07) is 0. The highest BCUT2D eigenvalue weighted by molar-refractivity contribution is 7.80. The molecule has 1 rings (SSSR count). The van der Waals surface area contributed by atoms with Gasteiger partial charge in [0.2, 0.25) is 0 Å². The molecule has 0 aromatic rings. The number of nitrogens with one attached hydrogen (secondary N) is 1. The second-order valence-corrected chi connectivity index (χ2v) is 3.67. The summed E-state index contributed by atoms with van der Waals surface area (Å²) < 4.78 is 32.6. The molecule has 0 spiro atoms. The Morgan fingerprint density at radius 3 is 2.69 bits per heavy atom. The summed E-state index contributed by atoms with van der Waals surface area (Å²) >= 11 is 0. The Morgan fingerprint density at radius 2 is 2.23 bits per heavy atom. The third-order valence-corrected chi connectivity index (χ3v) is 1.73. The number of rotatable bonds is 3. The molecule has 0 saturated heterocycles. The first-order valence-corrected chi connectivity index (χ1v) is 4.84. The Labute approximate surface area is 76.0 Å². The van der Waals surface area contributed by atoms with Crippen LogP contribution in [0.1, 0.15) is 6.42 Å². The Bertz CT molecular complexity index is 335. The van der Waals surface area contributed by atoms with Crippen molar-refractivity contribution in [3.63, 3.8) is 0 Å². The quantitative estimate of drug-likeness (QED) is 0.326. The standard InChI is InChI=1S/C6H10N2O4S/c7-6(4-2-1-3-5-6)8-12-13(9,10)11/h1-4,8H,5,7H2,(H,9,10,11)/t6-/m1/s1. The zero-order valence-electron chi connectivity index (χ0n) is 6.67. The zero-order valence-corrected chi connectivity index (χ0v) is 7.49. The maximum atomic E-state index is 10.2. The number of hydrogen-bond acceptors (Lipinski definition) is 5. The smallest absolute Gasteiger partial charge is 0.308 e. The minimum Gasteiger partial charge on any atom is -0.308 e. The fraction of sp³-hybridized carbons (Fsp3) is 0.333. The van der Waals surface area contributed by atoms with Crippen molar-refractivity contribution in [3.8, 4) is 0 Å². The Morgan fingerprint density at radius 1 is 1.54 bits per heavy atom. The summed E-state index contributed by atoms with van der Waals surface area (Å²) in [5.74, 6) is 0. The van der Waals surface area contributed by atoms with Crippen LogP contribution in [0.4, 0.5) is 0 Å². The van der Waals surface area contributed by atoms with Gasteiger partial charge in [-0.3, -0.25) is 4.55 Å². The van der Waals surface area contributed by atoms with Gasteiger partial charge in [0.1, 0.15) is 5.66 Å². The Hall–Kier alpha value is -0.730. The fourth-order valence-corrected chi connectivity index (χ4v) is 1.10. The molecule has 0 saturated carbocycles. The Kier molecular flexibility index (Phi) is 2.84. The van der Waals surface area contributed by atoms with Gasteiger partial charge in [0.15, 0.2) is 0 Å². The predicted molar refractivity (Wildman–Crippen MR) is 45.6 cm³/mol. The van der Waals surface area contributed by atoms with Gasteiger partial charge in [-0.15, -0.1) is 0 Å². The molecule has 13 heavy (non-hydrogen) atoms. The van der Waals surface area contributed by atoms with E-state index in [0.717, 1.165) is 0 Å². The van der Waals surface area contributed by atoms with Crippen molar-refractivity contribution in [2.45, 2.75) is 12.1 Å². The van der Waals surface area contributed by atoms with Gasteiger partial charge >= 0.3 is 10.4 Å². The molecule has 0 heterocycles. The summed E-state index contributed by atoms with van der Waals surface area (Å²) in [6.45, 7) is 0. The average Bonchev–Trinajstić information content (AvgIpc) is 2.02.